The number of fused-ring (bicyclic) bond motifs is 2. The fraction of sp³-hybridized carbons (Fsp3) is 0.467. The first kappa shape index (κ1) is 29.8. The number of hydrogen-bond donors (Lipinski definition) is 0. The summed E-state index contributed by atoms with van der Waals surface area (Å²) in [6.07, 6.45) is 15.2. The second kappa shape index (κ2) is 13.3. The van der Waals surface area contributed by atoms with Crippen LogP contribution in [0.5, 0.6) is 0 Å². The van der Waals surface area contributed by atoms with E-state index in [1.165, 1.54) is 49.7 Å². The molecule has 5 heteroatoms. The molecule has 0 amide bonds. The van der Waals surface area contributed by atoms with Crippen LogP contribution in [0.15, 0.2) is 47.3 Å². The zero-order valence-corrected chi connectivity index (χ0v) is 28.5. The van der Waals surface area contributed by atoms with Gasteiger partial charge < -0.3 is 24.8 Å². The van der Waals surface area contributed by atoms with Crippen LogP contribution < -0.4 is 24.8 Å². The Hall–Kier alpha value is 0.230. The van der Waals surface area contributed by atoms with Gasteiger partial charge in [0, 0.05) is 0 Å². The minimum atomic E-state index is -1.09. The molecule has 1 saturated heterocycles. The average molecular weight is 710 g/mol. The fourth-order valence-electron chi connectivity index (χ4n) is 6.13. The summed E-state index contributed by atoms with van der Waals surface area (Å²) in [5, 5.41) is 1.90. The predicted molar refractivity (Wildman–Crippen MR) is 147 cm³/mol. The van der Waals surface area contributed by atoms with Gasteiger partial charge in [-0.1, -0.05) is 0 Å². The first-order valence-corrected chi connectivity index (χ1v) is 20.1. The molecule has 186 valence electrons. The molecule has 0 aromatic heterocycles. The molecular weight excluding hydrogens is 672 g/mol. The number of halogens is 2. The summed E-state index contributed by atoms with van der Waals surface area (Å²) in [4.78, 5) is 0. The molecule has 0 saturated carbocycles. The Bertz CT molecular complexity index is 1080. The smallest absolute Gasteiger partial charge is 1.00 e. The summed E-state index contributed by atoms with van der Waals surface area (Å²) in [5.74, 6) is 0. The van der Waals surface area contributed by atoms with Gasteiger partial charge >= 0.3 is 217 Å². The Morgan fingerprint density at radius 3 is 2.31 bits per heavy atom. The molecule has 1 heterocycles. The Morgan fingerprint density at radius 1 is 0.914 bits per heavy atom. The number of rotatable bonds is 8. The molecule has 35 heavy (non-hydrogen) atoms. The van der Waals surface area contributed by atoms with Gasteiger partial charge in [-0.25, -0.2) is 0 Å². The molecule has 2 aromatic carbocycles. The molecule has 1 aliphatic heterocycles. The molecule has 3 aliphatic rings. The van der Waals surface area contributed by atoms with Gasteiger partial charge in [-0.2, -0.15) is 0 Å². The summed E-state index contributed by atoms with van der Waals surface area (Å²) in [7, 11) is 1.17. The molecule has 1 fully saturated rings. The Labute approximate surface area is 240 Å². The van der Waals surface area contributed by atoms with E-state index in [1.54, 1.807) is 27.8 Å². The van der Waals surface area contributed by atoms with E-state index in [0.29, 0.717) is 0 Å². The van der Waals surface area contributed by atoms with Crippen molar-refractivity contribution in [1.29, 1.82) is 0 Å². The van der Waals surface area contributed by atoms with E-state index < -0.39 is 22.9 Å². The van der Waals surface area contributed by atoms with Gasteiger partial charge in [-0.15, -0.1) is 0 Å². The minimum Gasteiger partial charge on any atom is -1.00 e. The molecule has 0 radical (unpaired) electrons. The van der Waals surface area contributed by atoms with Gasteiger partial charge in [-0.3, -0.25) is 0 Å². The third kappa shape index (κ3) is 5.96. The van der Waals surface area contributed by atoms with E-state index in [0.717, 1.165) is 21.6 Å². The monoisotopic (exact) mass is 710 g/mol. The molecule has 0 nitrogen and oxygen atoms in total. The minimum absolute atomic E-state index is 0. The van der Waals surface area contributed by atoms with Crippen molar-refractivity contribution >= 4 is 28.7 Å². The zero-order chi connectivity index (χ0) is 22.9. The van der Waals surface area contributed by atoms with Crippen LogP contribution in [0, 0.1) is 13.8 Å². The van der Waals surface area contributed by atoms with Crippen LogP contribution in [-0.2, 0) is 22.9 Å². The summed E-state index contributed by atoms with van der Waals surface area (Å²) in [6.45, 7) is 9.54. The molecular formula is C30H38Cl2HfP2. The summed E-state index contributed by atoms with van der Waals surface area (Å²) >= 11 is -1.09. The van der Waals surface area contributed by atoms with E-state index in [2.05, 4.69) is 76.2 Å². The largest absolute Gasteiger partial charge is 1.00 e. The second-order valence-corrected chi connectivity index (χ2v) is 19.5. The molecule has 4 atom stereocenters. The summed E-state index contributed by atoms with van der Waals surface area (Å²) < 4.78 is 1.60. The maximum atomic E-state index is 2.72. The van der Waals surface area contributed by atoms with Crippen LogP contribution in [0.1, 0.15) is 80.3 Å². The van der Waals surface area contributed by atoms with E-state index in [1.807, 2.05) is 10.9 Å². The first-order chi connectivity index (χ1) is 16.1. The Balaban J connectivity index is 0.00000171. The third-order valence-electron chi connectivity index (χ3n) is 7.71. The Kier molecular flexibility index (Phi) is 11.4. The number of aryl methyl sites for hydroxylation is 2. The summed E-state index contributed by atoms with van der Waals surface area (Å²) in [5.41, 5.74) is 12.4. The van der Waals surface area contributed by atoms with Crippen molar-refractivity contribution in [3.8, 4) is 0 Å². The summed E-state index contributed by atoms with van der Waals surface area (Å²) in [6, 6.07) is 14.2. The Morgan fingerprint density at radius 2 is 1.63 bits per heavy atom. The van der Waals surface area contributed by atoms with Crippen LogP contribution in [-0.4, -0.2) is 24.1 Å². The maximum Gasteiger partial charge on any atom is -1.00 e. The first-order valence-electron chi connectivity index (χ1n) is 13.0. The maximum absolute atomic E-state index is 2.72. The van der Waals surface area contributed by atoms with Crippen LogP contribution in [0.4, 0.5) is 0 Å². The van der Waals surface area contributed by atoms with Crippen molar-refractivity contribution in [2.75, 3.05) is 18.5 Å². The van der Waals surface area contributed by atoms with Crippen LogP contribution >= 0.6 is 16.5 Å². The molecule has 0 spiro atoms. The van der Waals surface area contributed by atoms with Gasteiger partial charge in [0.2, 0.25) is 0 Å². The SMILES string of the molecule is CCCP(CCC)C1=Cc2c(C)ccc(C)c2[CH]1[Hf+2][CH]1C(C2CCCP2)=Cc2ccccc21.[Cl-].[Cl-]. The second-order valence-electron chi connectivity index (χ2n) is 10.0. The van der Waals surface area contributed by atoms with E-state index in [9.17, 15) is 0 Å². The van der Waals surface area contributed by atoms with E-state index in [4.69, 9.17) is 0 Å². The van der Waals surface area contributed by atoms with Crippen LogP contribution in [0.3, 0.4) is 0 Å². The quantitative estimate of drug-likeness (QED) is 0.292. The van der Waals surface area contributed by atoms with Crippen LogP contribution in [0.25, 0.3) is 12.2 Å². The van der Waals surface area contributed by atoms with Crippen molar-refractivity contribution in [1.82, 2.24) is 0 Å². The van der Waals surface area contributed by atoms with E-state index in [-0.39, 0.29) is 32.7 Å². The van der Waals surface area contributed by atoms with Gasteiger partial charge in [-0.05, 0) is 0 Å². The standard InChI is InChI=1S/C17H24P.C13H14P.2ClH.Hf/c1-5-9-18(10-6-2)15-11-16-13(3)7-8-14(4)17(16)12-15;1-2-5-11-9-12(8-10(11)4-1)13-6-3-7-14-13;;;/h7-8,11-12H,5-6,9-10H2,1-4H3;1-2,4-5,8-9,13-14H,3,6-7H2;2*1H;/q;;;;+2/p-2. The third-order valence-corrected chi connectivity index (χ3v) is 20.3. The molecule has 0 bridgehead atoms. The molecule has 2 aliphatic carbocycles. The topological polar surface area (TPSA) is 0 Å². The van der Waals surface area contributed by atoms with Crippen molar-refractivity contribution in [3.05, 3.63) is 80.7 Å². The predicted octanol–water partition coefficient (Wildman–Crippen LogP) is 3.07. The molecule has 4 unspecified atom stereocenters. The normalized spacial score (nSPS) is 22.7. The van der Waals surface area contributed by atoms with Crippen LogP contribution in [0.2, 0.25) is 0 Å². The number of benzene rings is 2. The average Bonchev–Trinajstić information content (AvgIpc) is 3.55. The van der Waals surface area contributed by atoms with Crippen molar-refractivity contribution in [2.45, 2.75) is 66.4 Å². The van der Waals surface area contributed by atoms with Gasteiger partial charge in [0.15, 0.2) is 0 Å². The van der Waals surface area contributed by atoms with E-state index >= 15 is 0 Å². The number of hydrogen-bond acceptors (Lipinski definition) is 0. The number of allylic oxidation sites excluding steroid dienone is 2. The fourth-order valence-corrected chi connectivity index (χ4v) is 21.0. The van der Waals surface area contributed by atoms with Crippen molar-refractivity contribution < 1.29 is 47.7 Å². The van der Waals surface area contributed by atoms with Gasteiger partial charge in [0.1, 0.15) is 0 Å². The van der Waals surface area contributed by atoms with Gasteiger partial charge in [0.05, 0.1) is 0 Å². The zero-order valence-electron chi connectivity index (χ0n) is 21.5. The van der Waals surface area contributed by atoms with Gasteiger partial charge in [0.25, 0.3) is 0 Å². The molecule has 5 rings (SSSR count). The molecule has 0 N–H and O–H groups in total. The van der Waals surface area contributed by atoms with Crippen molar-refractivity contribution in [2.24, 2.45) is 0 Å². The molecule has 2 aromatic rings. The van der Waals surface area contributed by atoms with Crippen molar-refractivity contribution in [3.63, 3.8) is 0 Å².